The Balaban J connectivity index is 2.42. The number of benzene rings is 1. The van der Waals surface area contributed by atoms with Gasteiger partial charge in [-0.15, -0.1) is 0 Å². The molecule has 4 nitrogen and oxygen atoms in total. The number of carbonyl (C=O) groups excluding carboxylic acids is 1. The minimum Gasteiger partial charge on any atom is -0.478 e. The monoisotopic (exact) mass is 209 g/mol. The predicted octanol–water partition coefficient (Wildman–Crippen LogP) is 1.43. The second-order valence-corrected chi connectivity index (χ2v) is 3.94. The molecule has 0 spiro atoms. The Kier molecular flexibility index (Phi) is 2.17. The molecule has 14 heavy (non-hydrogen) atoms. The van der Waals surface area contributed by atoms with Gasteiger partial charge in [-0.1, -0.05) is 0 Å². The van der Waals surface area contributed by atoms with E-state index in [9.17, 15) is 9.59 Å². The van der Waals surface area contributed by atoms with Crippen LogP contribution in [0, 0.1) is 0 Å². The summed E-state index contributed by atoms with van der Waals surface area (Å²) in [5.74, 6) is -0.980. The largest absolute Gasteiger partial charge is 0.478 e. The molecule has 0 amide bonds. The van der Waals surface area contributed by atoms with E-state index in [0.29, 0.717) is 11.4 Å². The van der Waals surface area contributed by atoms with Gasteiger partial charge in [0.25, 0.3) is 0 Å². The van der Waals surface area contributed by atoms with Gasteiger partial charge in [0.2, 0.25) is 5.12 Å². The summed E-state index contributed by atoms with van der Waals surface area (Å²) in [7, 11) is 0. The van der Waals surface area contributed by atoms with E-state index in [2.05, 4.69) is 5.32 Å². The fourth-order valence-electron chi connectivity index (χ4n) is 1.21. The minimum absolute atomic E-state index is 0.0000359. The maximum absolute atomic E-state index is 11.1. The maximum Gasteiger partial charge on any atom is 0.335 e. The molecule has 1 heterocycles. The van der Waals surface area contributed by atoms with Crippen molar-refractivity contribution in [3.63, 3.8) is 0 Å². The zero-order valence-electron chi connectivity index (χ0n) is 7.11. The van der Waals surface area contributed by atoms with Crippen LogP contribution in [0.1, 0.15) is 10.4 Å². The van der Waals surface area contributed by atoms with E-state index in [-0.39, 0.29) is 10.7 Å². The van der Waals surface area contributed by atoms with Gasteiger partial charge in [0.05, 0.1) is 12.1 Å². The molecule has 0 bridgehead atoms. The van der Waals surface area contributed by atoms with E-state index in [1.54, 1.807) is 6.07 Å². The highest BCUT2D eigenvalue weighted by molar-refractivity contribution is 8.14. The van der Waals surface area contributed by atoms with Crippen molar-refractivity contribution in [2.45, 2.75) is 4.90 Å². The van der Waals surface area contributed by atoms with Gasteiger partial charge in [0.1, 0.15) is 0 Å². The molecule has 5 heteroatoms. The van der Waals surface area contributed by atoms with Crippen LogP contribution in [-0.4, -0.2) is 22.7 Å². The highest BCUT2D eigenvalue weighted by Crippen LogP contribution is 2.32. The molecule has 2 rings (SSSR count). The number of hydrogen-bond donors (Lipinski definition) is 2. The lowest BCUT2D eigenvalue weighted by molar-refractivity contribution is -0.109. The summed E-state index contributed by atoms with van der Waals surface area (Å²) < 4.78 is 0. The summed E-state index contributed by atoms with van der Waals surface area (Å²) in [6, 6.07) is 4.70. The summed E-state index contributed by atoms with van der Waals surface area (Å²) >= 11 is 1.08. The van der Waals surface area contributed by atoms with E-state index >= 15 is 0 Å². The molecule has 0 fully saturated rings. The number of hydrogen-bond acceptors (Lipinski definition) is 4. The highest BCUT2D eigenvalue weighted by Gasteiger charge is 2.17. The van der Waals surface area contributed by atoms with Crippen LogP contribution in [-0.2, 0) is 4.79 Å². The summed E-state index contributed by atoms with van der Waals surface area (Å²) in [5.41, 5.74) is 1.02. The third-order valence-electron chi connectivity index (χ3n) is 1.88. The molecule has 1 aliphatic rings. The van der Waals surface area contributed by atoms with Gasteiger partial charge >= 0.3 is 5.97 Å². The predicted molar refractivity (Wildman–Crippen MR) is 52.8 cm³/mol. The van der Waals surface area contributed by atoms with Crippen molar-refractivity contribution >= 4 is 28.5 Å². The molecule has 72 valence electrons. The lowest BCUT2D eigenvalue weighted by Crippen LogP contribution is -2.16. The minimum atomic E-state index is -0.980. The van der Waals surface area contributed by atoms with Crippen molar-refractivity contribution < 1.29 is 14.7 Å². The SMILES string of the molecule is O=C1CNc2ccc(C(=O)O)cc2S1. The van der Waals surface area contributed by atoms with Crippen LogP contribution in [0.5, 0.6) is 0 Å². The second kappa shape index (κ2) is 3.34. The number of nitrogens with one attached hydrogen (secondary N) is 1. The second-order valence-electron chi connectivity index (χ2n) is 2.84. The lowest BCUT2D eigenvalue weighted by Gasteiger charge is -2.16. The number of aromatic carboxylic acids is 1. The molecule has 1 aromatic carbocycles. The Morgan fingerprint density at radius 1 is 1.50 bits per heavy atom. The number of carboxylic acid groups (broad SMARTS) is 1. The van der Waals surface area contributed by atoms with E-state index in [4.69, 9.17) is 5.11 Å². The van der Waals surface area contributed by atoms with Crippen LogP contribution in [0.3, 0.4) is 0 Å². The van der Waals surface area contributed by atoms with E-state index in [1.807, 2.05) is 0 Å². The molecular weight excluding hydrogens is 202 g/mol. The number of carbonyl (C=O) groups is 2. The number of rotatable bonds is 1. The summed E-state index contributed by atoms with van der Waals surface area (Å²) in [5, 5.41) is 11.7. The van der Waals surface area contributed by atoms with Gasteiger partial charge in [-0.2, -0.15) is 0 Å². The van der Waals surface area contributed by atoms with Gasteiger partial charge in [0, 0.05) is 10.6 Å². The van der Waals surface area contributed by atoms with Crippen LogP contribution in [0.15, 0.2) is 23.1 Å². The quantitative estimate of drug-likeness (QED) is 0.732. The first-order valence-corrected chi connectivity index (χ1v) is 4.80. The van der Waals surface area contributed by atoms with E-state index in [1.165, 1.54) is 12.1 Å². The van der Waals surface area contributed by atoms with Crippen LogP contribution in [0.25, 0.3) is 0 Å². The smallest absolute Gasteiger partial charge is 0.335 e. The van der Waals surface area contributed by atoms with Crippen molar-refractivity contribution in [3.05, 3.63) is 23.8 Å². The van der Waals surface area contributed by atoms with Gasteiger partial charge in [-0.05, 0) is 30.0 Å². The number of fused-ring (bicyclic) bond motifs is 1. The third-order valence-corrected chi connectivity index (χ3v) is 2.81. The van der Waals surface area contributed by atoms with Crippen molar-refractivity contribution in [3.8, 4) is 0 Å². The fourth-order valence-corrected chi connectivity index (χ4v) is 2.04. The van der Waals surface area contributed by atoms with Crippen molar-refractivity contribution in [2.24, 2.45) is 0 Å². The Morgan fingerprint density at radius 3 is 3.00 bits per heavy atom. The Morgan fingerprint density at radius 2 is 2.29 bits per heavy atom. The summed E-state index contributed by atoms with van der Waals surface area (Å²) in [4.78, 5) is 22.4. The molecule has 0 unspecified atom stereocenters. The van der Waals surface area contributed by atoms with Crippen LogP contribution in [0.2, 0.25) is 0 Å². The molecule has 0 saturated carbocycles. The summed E-state index contributed by atoms with van der Waals surface area (Å²) in [6.07, 6.45) is 0. The number of thioether (sulfide) groups is 1. The first-order valence-electron chi connectivity index (χ1n) is 3.99. The first-order chi connectivity index (χ1) is 6.66. The zero-order chi connectivity index (χ0) is 10.1. The Labute approximate surface area is 84.3 Å². The topological polar surface area (TPSA) is 66.4 Å². The standard InChI is InChI=1S/C9H7NO3S/c11-8-4-10-6-2-1-5(9(12)13)3-7(6)14-8/h1-3,10H,4H2,(H,12,13). The van der Waals surface area contributed by atoms with Crippen molar-refractivity contribution in [2.75, 3.05) is 11.9 Å². The average Bonchev–Trinajstić information content (AvgIpc) is 2.16. The fraction of sp³-hybridized carbons (Fsp3) is 0.111. The third kappa shape index (κ3) is 1.58. The number of carboxylic acids is 1. The Hall–Kier alpha value is -1.49. The molecule has 0 radical (unpaired) electrons. The maximum atomic E-state index is 11.1. The first kappa shape index (κ1) is 9.08. The Bertz CT molecular complexity index is 417. The molecule has 1 aliphatic heterocycles. The molecular formula is C9H7NO3S. The van der Waals surface area contributed by atoms with Gasteiger partial charge in [-0.3, -0.25) is 4.79 Å². The van der Waals surface area contributed by atoms with Crippen molar-refractivity contribution in [1.82, 2.24) is 0 Å². The molecule has 1 aromatic rings. The van der Waals surface area contributed by atoms with Crippen LogP contribution >= 0.6 is 11.8 Å². The summed E-state index contributed by atoms with van der Waals surface area (Å²) in [6.45, 7) is 0.296. The van der Waals surface area contributed by atoms with Gasteiger partial charge in [0.15, 0.2) is 0 Å². The van der Waals surface area contributed by atoms with E-state index in [0.717, 1.165) is 17.4 Å². The van der Waals surface area contributed by atoms with E-state index < -0.39 is 5.97 Å². The number of anilines is 1. The van der Waals surface area contributed by atoms with Gasteiger partial charge in [-0.25, -0.2) is 4.79 Å². The molecule has 0 aliphatic carbocycles. The van der Waals surface area contributed by atoms with Gasteiger partial charge < -0.3 is 10.4 Å². The zero-order valence-corrected chi connectivity index (χ0v) is 7.93. The average molecular weight is 209 g/mol. The molecule has 0 saturated heterocycles. The molecule has 0 aromatic heterocycles. The highest BCUT2D eigenvalue weighted by atomic mass is 32.2. The van der Waals surface area contributed by atoms with Crippen molar-refractivity contribution in [1.29, 1.82) is 0 Å². The lowest BCUT2D eigenvalue weighted by atomic mass is 10.2. The van der Waals surface area contributed by atoms with Crippen LogP contribution < -0.4 is 5.32 Å². The molecule has 0 atom stereocenters. The van der Waals surface area contributed by atoms with Crippen LogP contribution in [0.4, 0.5) is 5.69 Å². The molecule has 2 N–H and O–H groups in total. The normalized spacial score (nSPS) is 14.4.